The van der Waals surface area contributed by atoms with Crippen LogP contribution in [0.3, 0.4) is 0 Å². The minimum absolute atomic E-state index is 0.000245. The molecule has 2 nitrogen and oxygen atoms in total. The summed E-state index contributed by atoms with van der Waals surface area (Å²) in [5, 5.41) is 2.82. The van der Waals surface area contributed by atoms with E-state index < -0.39 is 0 Å². The lowest BCUT2D eigenvalue weighted by molar-refractivity contribution is -0.119. The number of benzene rings is 2. The maximum absolute atomic E-state index is 10.9. The van der Waals surface area contributed by atoms with Crippen LogP contribution in [0.25, 0.3) is 11.1 Å². The molecular weight excluding hydrogens is 234 g/mol. The first-order chi connectivity index (χ1) is 9.06. The van der Waals surface area contributed by atoms with Crippen LogP contribution in [0.4, 0.5) is 0 Å². The fourth-order valence-electron chi connectivity index (χ4n) is 2.12. The summed E-state index contributed by atoms with van der Waals surface area (Å²) in [4.78, 5) is 10.9. The highest BCUT2D eigenvalue weighted by Crippen LogP contribution is 2.24. The highest BCUT2D eigenvalue weighted by molar-refractivity contribution is 5.73. The van der Waals surface area contributed by atoms with Crippen molar-refractivity contribution in [1.29, 1.82) is 0 Å². The van der Waals surface area contributed by atoms with Crippen LogP contribution in [-0.2, 0) is 11.3 Å². The van der Waals surface area contributed by atoms with Gasteiger partial charge in [-0.3, -0.25) is 4.79 Å². The standard InChI is InChI=1S/C17H19NO/c1-12-4-7-16(8-5-12)17-9-6-15(10-13(17)2)11-18-14(3)19/h4-10H,11H2,1-3H3,(H,18,19). The van der Waals surface area contributed by atoms with Gasteiger partial charge in [-0.1, -0.05) is 48.0 Å². The van der Waals surface area contributed by atoms with Gasteiger partial charge in [-0.25, -0.2) is 0 Å². The van der Waals surface area contributed by atoms with E-state index in [1.54, 1.807) is 0 Å². The molecule has 2 rings (SSSR count). The molecule has 0 aliphatic carbocycles. The first kappa shape index (κ1) is 13.3. The third kappa shape index (κ3) is 3.44. The number of carbonyl (C=O) groups is 1. The number of hydrogen-bond acceptors (Lipinski definition) is 1. The second-order valence-corrected chi connectivity index (χ2v) is 4.93. The van der Waals surface area contributed by atoms with Gasteiger partial charge in [0.15, 0.2) is 0 Å². The minimum atomic E-state index is 0.000245. The monoisotopic (exact) mass is 253 g/mol. The van der Waals surface area contributed by atoms with Crippen molar-refractivity contribution in [3.8, 4) is 11.1 Å². The van der Waals surface area contributed by atoms with Crippen molar-refractivity contribution in [3.05, 3.63) is 59.2 Å². The number of hydrogen-bond donors (Lipinski definition) is 1. The van der Waals surface area contributed by atoms with Crippen molar-refractivity contribution < 1.29 is 4.79 Å². The highest BCUT2D eigenvalue weighted by Gasteiger charge is 2.03. The van der Waals surface area contributed by atoms with Gasteiger partial charge in [0, 0.05) is 13.5 Å². The predicted molar refractivity (Wildman–Crippen MR) is 78.9 cm³/mol. The van der Waals surface area contributed by atoms with Gasteiger partial charge in [-0.15, -0.1) is 0 Å². The average Bonchev–Trinajstić information content (AvgIpc) is 2.38. The summed E-state index contributed by atoms with van der Waals surface area (Å²) >= 11 is 0. The quantitative estimate of drug-likeness (QED) is 0.889. The van der Waals surface area contributed by atoms with Crippen LogP contribution in [-0.4, -0.2) is 5.91 Å². The van der Waals surface area contributed by atoms with Crippen LogP contribution < -0.4 is 5.32 Å². The molecule has 0 bridgehead atoms. The lowest BCUT2D eigenvalue weighted by Crippen LogP contribution is -2.18. The summed E-state index contributed by atoms with van der Waals surface area (Å²) < 4.78 is 0. The lowest BCUT2D eigenvalue weighted by atomic mass is 9.98. The zero-order chi connectivity index (χ0) is 13.8. The predicted octanol–water partition coefficient (Wildman–Crippen LogP) is 3.61. The maximum atomic E-state index is 10.9. The zero-order valence-corrected chi connectivity index (χ0v) is 11.7. The van der Waals surface area contributed by atoms with E-state index in [2.05, 4.69) is 61.6 Å². The number of nitrogens with one attached hydrogen (secondary N) is 1. The number of aryl methyl sites for hydroxylation is 2. The van der Waals surface area contributed by atoms with Crippen molar-refractivity contribution >= 4 is 5.91 Å². The highest BCUT2D eigenvalue weighted by atomic mass is 16.1. The SMILES string of the molecule is CC(=O)NCc1ccc(-c2ccc(C)cc2)c(C)c1. The van der Waals surface area contributed by atoms with E-state index in [1.807, 2.05) is 0 Å². The Morgan fingerprint density at radius 2 is 1.74 bits per heavy atom. The summed E-state index contributed by atoms with van der Waals surface area (Å²) in [6.07, 6.45) is 0. The van der Waals surface area contributed by atoms with E-state index in [0.29, 0.717) is 6.54 Å². The fraction of sp³-hybridized carbons (Fsp3) is 0.235. The summed E-state index contributed by atoms with van der Waals surface area (Å²) in [7, 11) is 0. The smallest absolute Gasteiger partial charge is 0.217 e. The summed E-state index contributed by atoms with van der Waals surface area (Å²) in [5.74, 6) is 0.000245. The molecule has 0 saturated heterocycles. The molecule has 2 aromatic carbocycles. The topological polar surface area (TPSA) is 29.1 Å². The third-order valence-corrected chi connectivity index (χ3v) is 3.19. The number of carbonyl (C=O) groups excluding carboxylic acids is 1. The molecule has 0 spiro atoms. The van der Waals surface area contributed by atoms with Gasteiger partial charge < -0.3 is 5.32 Å². The first-order valence-corrected chi connectivity index (χ1v) is 6.47. The van der Waals surface area contributed by atoms with Crippen LogP contribution in [0.1, 0.15) is 23.6 Å². The van der Waals surface area contributed by atoms with Crippen molar-refractivity contribution in [1.82, 2.24) is 5.32 Å². The van der Waals surface area contributed by atoms with Crippen LogP contribution in [0, 0.1) is 13.8 Å². The Hall–Kier alpha value is -2.09. The van der Waals surface area contributed by atoms with E-state index in [9.17, 15) is 4.79 Å². The molecule has 0 fully saturated rings. The second kappa shape index (κ2) is 5.70. The van der Waals surface area contributed by atoms with Gasteiger partial charge in [0.25, 0.3) is 0 Å². The fourth-order valence-corrected chi connectivity index (χ4v) is 2.12. The summed E-state index contributed by atoms with van der Waals surface area (Å²) in [6, 6.07) is 14.9. The molecule has 98 valence electrons. The number of amides is 1. The van der Waals surface area contributed by atoms with Crippen molar-refractivity contribution in [2.75, 3.05) is 0 Å². The van der Waals surface area contributed by atoms with E-state index in [-0.39, 0.29) is 5.91 Å². The molecule has 2 heteroatoms. The van der Waals surface area contributed by atoms with Gasteiger partial charge >= 0.3 is 0 Å². The van der Waals surface area contributed by atoms with E-state index in [0.717, 1.165) is 5.56 Å². The van der Waals surface area contributed by atoms with Crippen LogP contribution in [0.2, 0.25) is 0 Å². The molecule has 0 unspecified atom stereocenters. The molecule has 0 saturated carbocycles. The van der Waals surface area contributed by atoms with E-state index >= 15 is 0 Å². The Kier molecular flexibility index (Phi) is 4.00. The van der Waals surface area contributed by atoms with Gasteiger partial charge in [0.1, 0.15) is 0 Å². The van der Waals surface area contributed by atoms with E-state index in [1.165, 1.54) is 29.2 Å². The lowest BCUT2D eigenvalue weighted by Gasteiger charge is -2.09. The first-order valence-electron chi connectivity index (χ1n) is 6.47. The molecule has 0 aliphatic heterocycles. The normalized spacial score (nSPS) is 10.3. The number of rotatable bonds is 3. The molecule has 0 atom stereocenters. The van der Waals surface area contributed by atoms with Crippen LogP contribution >= 0.6 is 0 Å². The molecule has 1 N–H and O–H groups in total. The van der Waals surface area contributed by atoms with Gasteiger partial charge in [-0.2, -0.15) is 0 Å². The Bertz CT molecular complexity index is 585. The van der Waals surface area contributed by atoms with Gasteiger partial charge in [0.2, 0.25) is 5.91 Å². The van der Waals surface area contributed by atoms with Crippen molar-refractivity contribution in [2.45, 2.75) is 27.3 Å². The molecule has 0 heterocycles. The van der Waals surface area contributed by atoms with Crippen molar-refractivity contribution in [2.24, 2.45) is 0 Å². The Balaban J connectivity index is 2.24. The molecule has 0 aromatic heterocycles. The summed E-state index contributed by atoms with van der Waals surface area (Å²) in [5.41, 5.74) is 6.10. The molecule has 0 aliphatic rings. The molecule has 19 heavy (non-hydrogen) atoms. The van der Waals surface area contributed by atoms with Crippen LogP contribution in [0.15, 0.2) is 42.5 Å². The molecule has 0 radical (unpaired) electrons. The van der Waals surface area contributed by atoms with Crippen molar-refractivity contribution in [3.63, 3.8) is 0 Å². The largest absolute Gasteiger partial charge is 0.352 e. The van der Waals surface area contributed by atoms with Crippen LogP contribution in [0.5, 0.6) is 0 Å². The zero-order valence-electron chi connectivity index (χ0n) is 11.7. The van der Waals surface area contributed by atoms with E-state index in [4.69, 9.17) is 0 Å². The average molecular weight is 253 g/mol. The summed E-state index contributed by atoms with van der Waals surface area (Å²) in [6.45, 7) is 6.32. The molecular formula is C17H19NO. The second-order valence-electron chi connectivity index (χ2n) is 4.93. The van der Waals surface area contributed by atoms with Gasteiger partial charge in [0.05, 0.1) is 0 Å². The molecule has 1 amide bonds. The minimum Gasteiger partial charge on any atom is -0.352 e. The Morgan fingerprint density at radius 1 is 1.05 bits per heavy atom. The Morgan fingerprint density at radius 3 is 2.32 bits per heavy atom. The molecule has 2 aromatic rings. The maximum Gasteiger partial charge on any atom is 0.217 e. The van der Waals surface area contributed by atoms with Gasteiger partial charge in [-0.05, 0) is 36.1 Å². The Labute approximate surface area is 114 Å². The third-order valence-electron chi connectivity index (χ3n) is 3.19.